The number of hydrogen-bond acceptors (Lipinski definition) is 1. The standard InChI is InChI=1S/C12H15Cl2NO/c1-8-3-4-10(11(14)5-8)12(16)15-7-9(2)6-13/h3-5,9H,6-7H2,1-2H3,(H,15,16). The highest BCUT2D eigenvalue weighted by atomic mass is 35.5. The van der Waals surface area contributed by atoms with E-state index in [1.54, 1.807) is 12.1 Å². The number of aryl methyl sites for hydroxylation is 1. The summed E-state index contributed by atoms with van der Waals surface area (Å²) in [5, 5.41) is 3.28. The average Bonchev–Trinajstić information content (AvgIpc) is 2.25. The number of benzene rings is 1. The van der Waals surface area contributed by atoms with Gasteiger partial charge in [0.25, 0.3) is 5.91 Å². The fraction of sp³-hybridized carbons (Fsp3) is 0.417. The molecular weight excluding hydrogens is 245 g/mol. The predicted octanol–water partition coefficient (Wildman–Crippen LogP) is 3.25. The molecule has 4 heteroatoms. The quantitative estimate of drug-likeness (QED) is 0.827. The second-order valence-corrected chi connectivity index (χ2v) is 4.67. The lowest BCUT2D eigenvalue weighted by Crippen LogP contribution is -2.29. The molecule has 0 spiro atoms. The number of hydrogen-bond donors (Lipinski definition) is 1. The van der Waals surface area contributed by atoms with Gasteiger partial charge in [-0.1, -0.05) is 24.6 Å². The van der Waals surface area contributed by atoms with Crippen molar-refractivity contribution in [3.63, 3.8) is 0 Å². The van der Waals surface area contributed by atoms with E-state index in [-0.39, 0.29) is 11.8 Å². The van der Waals surface area contributed by atoms with Gasteiger partial charge in [-0.2, -0.15) is 0 Å². The van der Waals surface area contributed by atoms with Crippen LogP contribution in [0, 0.1) is 12.8 Å². The molecule has 1 unspecified atom stereocenters. The van der Waals surface area contributed by atoms with Crippen LogP contribution in [-0.2, 0) is 0 Å². The summed E-state index contributed by atoms with van der Waals surface area (Å²) in [5.41, 5.74) is 1.55. The molecule has 2 nitrogen and oxygen atoms in total. The first-order valence-corrected chi connectivity index (χ1v) is 6.06. The molecule has 0 radical (unpaired) electrons. The van der Waals surface area contributed by atoms with Crippen LogP contribution in [0.5, 0.6) is 0 Å². The highest BCUT2D eigenvalue weighted by Crippen LogP contribution is 2.17. The Hall–Kier alpha value is -0.730. The highest BCUT2D eigenvalue weighted by Gasteiger charge is 2.10. The Morgan fingerprint density at radius 3 is 2.75 bits per heavy atom. The highest BCUT2D eigenvalue weighted by molar-refractivity contribution is 6.33. The van der Waals surface area contributed by atoms with Gasteiger partial charge < -0.3 is 5.32 Å². The van der Waals surface area contributed by atoms with Gasteiger partial charge in [0.15, 0.2) is 0 Å². The maximum atomic E-state index is 11.8. The van der Waals surface area contributed by atoms with Crippen LogP contribution in [0.3, 0.4) is 0 Å². The van der Waals surface area contributed by atoms with Crippen LogP contribution in [0.2, 0.25) is 5.02 Å². The average molecular weight is 260 g/mol. The molecule has 0 aliphatic carbocycles. The molecule has 1 atom stereocenters. The minimum absolute atomic E-state index is 0.151. The van der Waals surface area contributed by atoms with E-state index in [1.165, 1.54) is 0 Å². The third kappa shape index (κ3) is 3.69. The van der Waals surface area contributed by atoms with Gasteiger partial charge in [0, 0.05) is 12.4 Å². The van der Waals surface area contributed by atoms with Crippen LogP contribution in [0.15, 0.2) is 18.2 Å². The Bertz CT molecular complexity index is 379. The van der Waals surface area contributed by atoms with Crippen LogP contribution in [0.4, 0.5) is 0 Å². The molecule has 0 saturated carbocycles. The molecule has 16 heavy (non-hydrogen) atoms. The van der Waals surface area contributed by atoms with Crippen molar-refractivity contribution in [1.82, 2.24) is 5.32 Å². The van der Waals surface area contributed by atoms with E-state index in [2.05, 4.69) is 5.32 Å². The minimum Gasteiger partial charge on any atom is -0.352 e. The van der Waals surface area contributed by atoms with E-state index >= 15 is 0 Å². The van der Waals surface area contributed by atoms with Crippen molar-refractivity contribution >= 4 is 29.1 Å². The molecular formula is C12H15Cl2NO. The molecule has 1 amide bonds. The van der Waals surface area contributed by atoms with Crippen molar-refractivity contribution in [1.29, 1.82) is 0 Å². The minimum atomic E-state index is -0.151. The topological polar surface area (TPSA) is 29.1 Å². The third-order valence-corrected chi connectivity index (χ3v) is 3.08. The molecule has 1 aromatic rings. The van der Waals surface area contributed by atoms with E-state index in [9.17, 15) is 4.79 Å². The van der Waals surface area contributed by atoms with E-state index in [0.29, 0.717) is 23.0 Å². The normalized spacial score (nSPS) is 12.2. The van der Waals surface area contributed by atoms with Crippen molar-refractivity contribution < 1.29 is 4.79 Å². The SMILES string of the molecule is Cc1ccc(C(=O)NCC(C)CCl)c(Cl)c1. The fourth-order valence-electron chi connectivity index (χ4n) is 1.22. The Balaban J connectivity index is 2.66. The number of carbonyl (C=O) groups excluding carboxylic acids is 1. The second-order valence-electron chi connectivity index (χ2n) is 3.95. The summed E-state index contributed by atoms with van der Waals surface area (Å²) >= 11 is 11.6. The van der Waals surface area contributed by atoms with Crippen LogP contribution in [0.1, 0.15) is 22.8 Å². The summed E-state index contributed by atoms with van der Waals surface area (Å²) in [7, 11) is 0. The van der Waals surface area contributed by atoms with Crippen molar-refractivity contribution in [2.75, 3.05) is 12.4 Å². The molecule has 0 heterocycles. The van der Waals surface area contributed by atoms with Crippen molar-refractivity contribution in [2.24, 2.45) is 5.92 Å². The molecule has 0 bridgehead atoms. The number of rotatable bonds is 4. The lowest BCUT2D eigenvalue weighted by Gasteiger charge is -2.10. The molecule has 0 aromatic heterocycles. The first-order chi connectivity index (χ1) is 7.54. The molecule has 0 saturated heterocycles. The summed E-state index contributed by atoms with van der Waals surface area (Å²) in [5.74, 6) is 0.638. The number of halogens is 2. The second kappa shape index (κ2) is 6.12. The lowest BCUT2D eigenvalue weighted by molar-refractivity contribution is 0.0949. The van der Waals surface area contributed by atoms with E-state index < -0.39 is 0 Å². The van der Waals surface area contributed by atoms with Gasteiger partial charge in [-0.25, -0.2) is 0 Å². The summed E-state index contributed by atoms with van der Waals surface area (Å²) in [4.78, 5) is 11.8. The van der Waals surface area contributed by atoms with Gasteiger partial charge in [-0.3, -0.25) is 4.79 Å². The summed E-state index contributed by atoms with van der Waals surface area (Å²) in [6.45, 7) is 4.47. The zero-order valence-corrected chi connectivity index (χ0v) is 10.9. The van der Waals surface area contributed by atoms with Crippen LogP contribution in [-0.4, -0.2) is 18.3 Å². The summed E-state index contributed by atoms with van der Waals surface area (Å²) in [6, 6.07) is 5.38. The van der Waals surface area contributed by atoms with Crippen LogP contribution >= 0.6 is 23.2 Å². The third-order valence-electron chi connectivity index (χ3n) is 2.24. The Morgan fingerprint density at radius 2 is 2.19 bits per heavy atom. The fourth-order valence-corrected chi connectivity index (χ4v) is 1.65. The Kier molecular flexibility index (Phi) is 5.10. The van der Waals surface area contributed by atoms with E-state index in [1.807, 2.05) is 19.9 Å². The van der Waals surface area contributed by atoms with E-state index in [4.69, 9.17) is 23.2 Å². The first kappa shape index (κ1) is 13.3. The van der Waals surface area contributed by atoms with Gasteiger partial charge in [0.05, 0.1) is 10.6 Å². The molecule has 0 aliphatic rings. The zero-order valence-electron chi connectivity index (χ0n) is 9.39. The number of nitrogens with one attached hydrogen (secondary N) is 1. The number of alkyl halides is 1. The van der Waals surface area contributed by atoms with Crippen molar-refractivity contribution in [3.8, 4) is 0 Å². The van der Waals surface area contributed by atoms with Gasteiger partial charge in [0.2, 0.25) is 0 Å². The number of carbonyl (C=O) groups is 1. The molecule has 0 aliphatic heterocycles. The van der Waals surface area contributed by atoms with Crippen LogP contribution in [0.25, 0.3) is 0 Å². The summed E-state index contributed by atoms with van der Waals surface area (Å²) < 4.78 is 0. The Labute approximate surface area is 106 Å². The largest absolute Gasteiger partial charge is 0.352 e. The smallest absolute Gasteiger partial charge is 0.252 e. The first-order valence-electron chi connectivity index (χ1n) is 5.15. The molecule has 88 valence electrons. The number of amides is 1. The van der Waals surface area contributed by atoms with E-state index in [0.717, 1.165) is 5.56 Å². The van der Waals surface area contributed by atoms with Gasteiger partial charge in [-0.05, 0) is 30.5 Å². The maximum Gasteiger partial charge on any atom is 0.252 e. The molecule has 0 fully saturated rings. The zero-order chi connectivity index (χ0) is 12.1. The van der Waals surface area contributed by atoms with Gasteiger partial charge >= 0.3 is 0 Å². The van der Waals surface area contributed by atoms with Crippen LogP contribution < -0.4 is 5.32 Å². The molecule has 1 rings (SSSR count). The summed E-state index contributed by atoms with van der Waals surface area (Å²) in [6.07, 6.45) is 0. The van der Waals surface area contributed by atoms with Crippen molar-refractivity contribution in [2.45, 2.75) is 13.8 Å². The lowest BCUT2D eigenvalue weighted by atomic mass is 10.1. The maximum absolute atomic E-state index is 11.8. The predicted molar refractivity (Wildman–Crippen MR) is 68.4 cm³/mol. The molecule has 1 N–H and O–H groups in total. The molecule has 1 aromatic carbocycles. The van der Waals surface area contributed by atoms with Crippen molar-refractivity contribution in [3.05, 3.63) is 34.3 Å². The monoisotopic (exact) mass is 259 g/mol. The van der Waals surface area contributed by atoms with Gasteiger partial charge in [-0.15, -0.1) is 11.6 Å². The Morgan fingerprint density at radius 1 is 1.50 bits per heavy atom. The van der Waals surface area contributed by atoms with Gasteiger partial charge in [0.1, 0.15) is 0 Å².